The molecule has 146 valence electrons. The van der Waals surface area contributed by atoms with Crippen molar-refractivity contribution in [3.8, 4) is 0 Å². The van der Waals surface area contributed by atoms with Gasteiger partial charge in [0.15, 0.2) is 0 Å². The van der Waals surface area contributed by atoms with Gasteiger partial charge in [-0.1, -0.05) is 23.8 Å². The van der Waals surface area contributed by atoms with E-state index < -0.39 is 10.0 Å². The summed E-state index contributed by atoms with van der Waals surface area (Å²) in [5.41, 5.74) is 3.56. The van der Waals surface area contributed by atoms with E-state index >= 15 is 0 Å². The van der Waals surface area contributed by atoms with Crippen molar-refractivity contribution in [1.29, 1.82) is 0 Å². The van der Waals surface area contributed by atoms with E-state index in [1.165, 1.54) is 18.4 Å². The van der Waals surface area contributed by atoms with E-state index in [-0.39, 0.29) is 22.9 Å². The van der Waals surface area contributed by atoms with E-state index in [0.29, 0.717) is 11.4 Å². The Kier molecular flexibility index (Phi) is 5.56. The molecule has 28 heavy (non-hydrogen) atoms. The molecule has 0 radical (unpaired) electrons. The third kappa shape index (κ3) is 4.43. The number of furan rings is 1. The first-order valence-corrected chi connectivity index (χ1v) is 10.3. The summed E-state index contributed by atoms with van der Waals surface area (Å²) in [7, 11) is -3.83. The van der Waals surface area contributed by atoms with E-state index in [1.54, 1.807) is 24.3 Å². The molecule has 0 atom stereocenters. The summed E-state index contributed by atoms with van der Waals surface area (Å²) in [5, 5.41) is 2.71. The lowest BCUT2D eigenvalue weighted by molar-refractivity contribution is 0.0948. The molecule has 3 aromatic rings. The van der Waals surface area contributed by atoms with Gasteiger partial charge < -0.3 is 9.73 Å². The monoisotopic (exact) mass is 398 g/mol. The number of sulfonamides is 1. The molecule has 3 rings (SSSR count). The summed E-state index contributed by atoms with van der Waals surface area (Å²) in [6.45, 7) is 5.90. The smallest absolute Gasteiger partial charge is 0.261 e. The normalized spacial score (nSPS) is 11.2. The minimum atomic E-state index is -3.83. The highest BCUT2D eigenvalue weighted by molar-refractivity contribution is 7.92. The third-order valence-electron chi connectivity index (χ3n) is 4.32. The molecule has 0 saturated heterocycles. The summed E-state index contributed by atoms with van der Waals surface area (Å²) in [5.74, 6) is 0.236. The minimum absolute atomic E-state index is 0.0255. The Labute approximate surface area is 164 Å². The molecule has 0 bridgehead atoms. The molecular weight excluding hydrogens is 376 g/mol. The Hall–Kier alpha value is -3.06. The lowest BCUT2D eigenvalue weighted by atomic mass is 10.1. The van der Waals surface area contributed by atoms with Gasteiger partial charge in [0.2, 0.25) is 0 Å². The standard InChI is InChI=1S/C21H22N2O4S/c1-14-10-15(2)20(16(3)11-14)23-28(25,26)19-8-4-6-17(12-19)21(24)22-13-18-7-5-9-27-18/h4-12,23H,13H2,1-3H3,(H,22,24). The molecule has 0 aliphatic heterocycles. The first kappa shape index (κ1) is 19.7. The number of carbonyl (C=O) groups is 1. The summed E-state index contributed by atoms with van der Waals surface area (Å²) in [4.78, 5) is 12.4. The van der Waals surface area contributed by atoms with Gasteiger partial charge in [-0.3, -0.25) is 9.52 Å². The highest BCUT2D eigenvalue weighted by Crippen LogP contribution is 2.25. The molecule has 0 unspecified atom stereocenters. The number of rotatable bonds is 6. The number of carbonyl (C=O) groups excluding carboxylic acids is 1. The number of hydrogen-bond acceptors (Lipinski definition) is 4. The van der Waals surface area contributed by atoms with E-state index in [1.807, 2.05) is 32.9 Å². The fourth-order valence-electron chi connectivity index (χ4n) is 3.02. The zero-order chi connectivity index (χ0) is 20.3. The van der Waals surface area contributed by atoms with Crippen molar-refractivity contribution in [3.63, 3.8) is 0 Å². The number of aryl methyl sites for hydroxylation is 3. The van der Waals surface area contributed by atoms with Crippen LogP contribution in [-0.2, 0) is 16.6 Å². The van der Waals surface area contributed by atoms with Crippen molar-refractivity contribution in [2.24, 2.45) is 0 Å². The van der Waals surface area contributed by atoms with Crippen LogP contribution in [0.3, 0.4) is 0 Å². The highest BCUT2D eigenvalue weighted by Gasteiger charge is 2.18. The number of hydrogen-bond donors (Lipinski definition) is 2. The van der Waals surface area contributed by atoms with Crippen LogP contribution in [-0.4, -0.2) is 14.3 Å². The zero-order valence-electron chi connectivity index (χ0n) is 15.9. The second kappa shape index (κ2) is 7.90. The van der Waals surface area contributed by atoms with Crippen LogP contribution in [0.5, 0.6) is 0 Å². The molecule has 7 heteroatoms. The molecule has 1 heterocycles. The van der Waals surface area contributed by atoms with Crippen molar-refractivity contribution >= 4 is 21.6 Å². The van der Waals surface area contributed by atoms with Crippen LogP contribution in [0, 0.1) is 20.8 Å². The van der Waals surface area contributed by atoms with E-state index in [9.17, 15) is 13.2 Å². The van der Waals surface area contributed by atoms with Gasteiger partial charge in [0.1, 0.15) is 5.76 Å². The molecular formula is C21H22N2O4S. The summed E-state index contributed by atoms with van der Waals surface area (Å²) in [6.07, 6.45) is 1.52. The molecule has 0 aliphatic rings. The summed E-state index contributed by atoms with van der Waals surface area (Å²) in [6, 6.07) is 13.3. The fourth-order valence-corrected chi connectivity index (χ4v) is 4.27. The number of anilines is 1. The van der Waals surface area contributed by atoms with E-state index in [0.717, 1.165) is 16.7 Å². The molecule has 6 nitrogen and oxygen atoms in total. The minimum Gasteiger partial charge on any atom is -0.467 e. The predicted molar refractivity (Wildman–Crippen MR) is 108 cm³/mol. The van der Waals surface area contributed by atoms with Crippen LogP contribution in [0.25, 0.3) is 0 Å². The Bertz CT molecular complexity index is 1080. The van der Waals surface area contributed by atoms with Crippen molar-refractivity contribution < 1.29 is 17.6 Å². The van der Waals surface area contributed by atoms with Gasteiger partial charge in [0.25, 0.3) is 15.9 Å². The van der Waals surface area contributed by atoms with Gasteiger partial charge >= 0.3 is 0 Å². The Morgan fingerprint density at radius 3 is 2.36 bits per heavy atom. The predicted octanol–water partition coefficient (Wildman–Crippen LogP) is 3.94. The largest absolute Gasteiger partial charge is 0.467 e. The van der Waals surface area contributed by atoms with Crippen LogP contribution in [0.15, 0.2) is 64.1 Å². The number of nitrogens with one attached hydrogen (secondary N) is 2. The average molecular weight is 398 g/mol. The SMILES string of the molecule is Cc1cc(C)c(NS(=O)(=O)c2cccc(C(=O)NCc3ccco3)c2)c(C)c1. The van der Waals surface area contributed by atoms with Crippen LogP contribution in [0.1, 0.15) is 32.8 Å². The maximum atomic E-state index is 12.9. The lowest BCUT2D eigenvalue weighted by Crippen LogP contribution is -2.23. The number of amides is 1. The maximum Gasteiger partial charge on any atom is 0.261 e. The van der Waals surface area contributed by atoms with Gasteiger partial charge in [-0.2, -0.15) is 0 Å². The van der Waals surface area contributed by atoms with Crippen molar-refractivity contribution in [2.75, 3.05) is 4.72 Å². The van der Waals surface area contributed by atoms with Crippen LogP contribution in [0.2, 0.25) is 0 Å². The molecule has 0 saturated carbocycles. The van der Waals surface area contributed by atoms with E-state index in [4.69, 9.17) is 4.42 Å². The summed E-state index contributed by atoms with van der Waals surface area (Å²) >= 11 is 0. The molecule has 2 N–H and O–H groups in total. The third-order valence-corrected chi connectivity index (χ3v) is 5.67. The van der Waals surface area contributed by atoms with Crippen molar-refractivity contribution in [2.45, 2.75) is 32.2 Å². The highest BCUT2D eigenvalue weighted by atomic mass is 32.2. The fraction of sp³-hybridized carbons (Fsp3) is 0.190. The quantitative estimate of drug-likeness (QED) is 0.658. The summed E-state index contributed by atoms with van der Waals surface area (Å²) < 4.78 is 33.5. The average Bonchev–Trinajstić information content (AvgIpc) is 3.16. The lowest BCUT2D eigenvalue weighted by Gasteiger charge is -2.15. The molecule has 0 fully saturated rings. The van der Waals surface area contributed by atoms with Crippen LogP contribution >= 0.6 is 0 Å². The zero-order valence-corrected chi connectivity index (χ0v) is 16.8. The topological polar surface area (TPSA) is 88.4 Å². The van der Waals surface area contributed by atoms with Gasteiger partial charge in [-0.05, 0) is 62.2 Å². The Morgan fingerprint density at radius 2 is 1.71 bits per heavy atom. The molecule has 1 aromatic heterocycles. The van der Waals surface area contributed by atoms with Gasteiger partial charge in [-0.15, -0.1) is 0 Å². The van der Waals surface area contributed by atoms with E-state index in [2.05, 4.69) is 10.0 Å². The second-order valence-corrected chi connectivity index (χ2v) is 8.35. The van der Waals surface area contributed by atoms with Gasteiger partial charge in [0, 0.05) is 5.56 Å². The van der Waals surface area contributed by atoms with Gasteiger partial charge in [-0.25, -0.2) is 8.42 Å². The Balaban J connectivity index is 1.81. The van der Waals surface area contributed by atoms with Crippen molar-refractivity contribution in [3.05, 3.63) is 82.8 Å². The number of benzene rings is 2. The molecule has 2 aromatic carbocycles. The van der Waals surface area contributed by atoms with Crippen LogP contribution in [0.4, 0.5) is 5.69 Å². The second-order valence-electron chi connectivity index (χ2n) is 6.67. The van der Waals surface area contributed by atoms with Gasteiger partial charge in [0.05, 0.1) is 23.4 Å². The molecule has 0 aliphatic carbocycles. The molecule has 0 spiro atoms. The first-order valence-electron chi connectivity index (χ1n) is 8.77. The molecule has 1 amide bonds. The Morgan fingerprint density at radius 1 is 1.00 bits per heavy atom. The van der Waals surface area contributed by atoms with Crippen molar-refractivity contribution in [1.82, 2.24) is 5.32 Å². The maximum absolute atomic E-state index is 12.9. The first-order chi connectivity index (χ1) is 13.3. The van der Waals surface area contributed by atoms with Crippen LogP contribution < -0.4 is 10.0 Å².